The van der Waals surface area contributed by atoms with Gasteiger partial charge in [-0.15, -0.1) is 0 Å². The molecule has 1 N–H and O–H groups in total. The van der Waals surface area contributed by atoms with E-state index in [1.54, 1.807) is 0 Å². The van der Waals surface area contributed by atoms with Gasteiger partial charge in [0.25, 0.3) is 0 Å². The van der Waals surface area contributed by atoms with Gasteiger partial charge in [-0.05, 0) is 40.6 Å². The summed E-state index contributed by atoms with van der Waals surface area (Å²) >= 11 is 3.47. The van der Waals surface area contributed by atoms with Gasteiger partial charge < -0.3 is 5.32 Å². The third kappa shape index (κ3) is 3.91. The van der Waals surface area contributed by atoms with Crippen molar-refractivity contribution < 1.29 is 0 Å². The maximum atomic E-state index is 4.59. The van der Waals surface area contributed by atoms with E-state index in [0.717, 1.165) is 34.5 Å². The van der Waals surface area contributed by atoms with Gasteiger partial charge in [0.15, 0.2) is 0 Å². The normalized spacial score (nSPS) is 23.6. The molecule has 1 saturated carbocycles. The molecule has 1 aliphatic carbocycles. The fourth-order valence-corrected chi connectivity index (χ4v) is 3.44. The van der Waals surface area contributed by atoms with E-state index in [2.05, 4.69) is 52.0 Å². The number of hydrogen-bond acceptors (Lipinski definition) is 3. The molecule has 19 heavy (non-hydrogen) atoms. The molecule has 0 amide bonds. The standard InChI is InChI=1S/C15H24BrN3/c1-4-14-18-13(16)9-15(19-14)17-12-8-6-5-7-11(12)10(2)3/h9-12H,4-8H2,1-3H3,(H,17,18,19). The minimum absolute atomic E-state index is 0.556. The summed E-state index contributed by atoms with van der Waals surface area (Å²) in [5.74, 6) is 3.35. The maximum Gasteiger partial charge on any atom is 0.131 e. The molecule has 2 rings (SSSR count). The fraction of sp³-hybridized carbons (Fsp3) is 0.733. The molecule has 1 fully saturated rings. The zero-order valence-electron chi connectivity index (χ0n) is 12.1. The van der Waals surface area contributed by atoms with E-state index in [4.69, 9.17) is 0 Å². The van der Waals surface area contributed by atoms with Crippen LogP contribution in [0.2, 0.25) is 0 Å². The zero-order chi connectivity index (χ0) is 13.8. The van der Waals surface area contributed by atoms with E-state index >= 15 is 0 Å². The molecule has 0 aromatic carbocycles. The van der Waals surface area contributed by atoms with Crippen molar-refractivity contribution in [2.24, 2.45) is 11.8 Å². The Morgan fingerprint density at radius 3 is 2.74 bits per heavy atom. The van der Waals surface area contributed by atoms with Crippen LogP contribution >= 0.6 is 15.9 Å². The highest BCUT2D eigenvalue weighted by Crippen LogP contribution is 2.32. The summed E-state index contributed by atoms with van der Waals surface area (Å²) in [6, 6.07) is 2.55. The van der Waals surface area contributed by atoms with E-state index in [1.807, 2.05) is 6.07 Å². The van der Waals surface area contributed by atoms with Crippen molar-refractivity contribution in [2.45, 2.75) is 58.9 Å². The molecule has 1 aliphatic rings. The molecular weight excluding hydrogens is 302 g/mol. The predicted octanol–water partition coefficient (Wildman–Crippen LogP) is 4.43. The lowest BCUT2D eigenvalue weighted by atomic mass is 9.78. The first-order chi connectivity index (χ1) is 9.10. The summed E-state index contributed by atoms with van der Waals surface area (Å²) < 4.78 is 0.874. The second-order valence-electron chi connectivity index (χ2n) is 5.79. The molecular formula is C15H24BrN3. The summed E-state index contributed by atoms with van der Waals surface area (Å²) in [4.78, 5) is 8.95. The Morgan fingerprint density at radius 2 is 2.05 bits per heavy atom. The molecule has 3 nitrogen and oxygen atoms in total. The Morgan fingerprint density at radius 1 is 1.32 bits per heavy atom. The smallest absolute Gasteiger partial charge is 0.131 e. The highest BCUT2D eigenvalue weighted by molar-refractivity contribution is 9.10. The lowest BCUT2D eigenvalue weighted by molar-refractivity contribution is 0.253. The summed E-state index contributed by atoms with van der Waals surface area (Å²) in [5.41, 5.74) is 0. The Bertz CT molecular complexity index is 420. The SMILES string of the molecule is CCc1nc(Br)cc(NC2CCCCC2C(C)C)n1. The van der Waals surface area contributed by atoms with Crippen molar-refractivity contribution in [2.75, 3.05) is 5.32 Å². The molecule has 1 aromatic heterocycles. The molecule has 0 radical (unpaired) electrons. The minimum Gasteiger partial charge on any atom is -0.367 e. The van der Waals surface area contributed by atoms with Crippen molar-refractivity contribution in [3.63, 3.8) is 0 Å². The third-order valence-corrected chi connectivity index (χ3v) is 4.47. The zero-order valence-corrected chi connectivity index (χ0v) is 13.7. The number of hydrogen-bond donors (Lipinski definition) is 1. The number of rotatable bonds is 4. The van der Waals surface area contributed by atoms with Crippen LogP contribution in [0.25, 0.3) is 0 Å². The first-order valence-corrected chi connectivity index (χ1v) is 8.19. The van der Waals surface area contributed by atoms with E-state index in [-0.39, 0.29) is 0 Å². The van der Waals surface area contributed by atoms with Crippen LogP contribution in [0.15, 0.2) is 10.7 Å². The Labute approximate surface area is 124 Å². The van der Waals surface area contributed by atoms with Gasteiger partial charge in [-0.1, -0.05) is 33.6 Å². The first kappa shape index (κ1) is 14.8. The van der Waals surface area contributed by atoms with Crippen LogP contribution < -0.4 is 5.32 Å². The van der Waals surface area contributed by atoms with Gasteiger partial charge in [-0.2, -0.15) is 0 Å². The first-order valence-electron chi connectivity index (χ1n) is 7.40. The number of aromatic nitrogens is 2. The van der Waals surface area contributed by atoms with Gasteiger partial charge in [0.05, 0.1) is 0 Å². The fourth-order valence-electron chi connectivity index (χ4n) is 3.02. The van der Waals surface area contributed by atoms with Gasteiger partial charge in [0.2, 0.25) is 0 Å². The van der Waals surface area contributed by atoms with Crippen LogP contribution in [0, 0.1) is 11.8 Å². The number of halogens is 1. The topological polar surface area (TPSA) is 37.8 Å². The quantitative estimate of drug-likeness (QED) is 0.832. The van der Waals surface area contributed by atoms with Crippen LogP contribution in [-0.4, -0.2) is 16.0 Å². The molecule has 4 heteroatoms. The highest BCUT2D eigenvalue weighted by atomic mass is 79.9. The van der Waals surface area contributed by atoms with E-state index in [0.29, 0.717) is 6.04 Å². The second kappa shape index (κ2) is 6.69. The molecule has 0 bridgehead atoms. The summed E-state index contributed by atoms with van der Waals surface area (Å²) in [7, 11) is 0. The lowest BCUT2D eigenvalue weighted by Gasteiger charge is -2.35. The van der Waals surface area contributed by atoms with E-state index < -0.39 is 0 Å². The number of aryl methyl sites for hydroxylation is 1. The largest absolute Gasteiger partial charge is 0.367 e. The number of anilines is 1. The second-order valence-corrected chi connectivity index (χ2v) is 6.60. The number of nitrogens with zero attached hydrogens (tertiary/aromatic N) is 2. The van der Waals surface area contributed by atoms with Crippen molar-refractivity contribution in [3.8, 4) is 0 Å². The number of nitrogens with one attached hydrogen (secondary N) is 1. The summed E-state index contributed by atoms with van der Waals surface area (Å²) in [6.07, 6.45) is 6.16. The van der Waals surface area contributed by atoms with E-state index in [9.17, 15) is 0 Å². The molecule has 2 atom stereocenters. The molecule has 0 spiro atoms. The van der Waals surface area contributed by atoms with Crippen LogP contribution in [0.1, 0.15) is 52.3 Å². The molecule has 0 aliphatic heterocycles. The lowest BCUT2D eigenvalue weighted by Crippen LogP contribution is -2.35. The van der Waals surface area contributed by atoms with Crippen LogP contribution in [0.5, 0.6) is 0 Å². The van der Waals surface area contributed by atoms with Crippen molar-refractivity contribution in [1.82, 2.24) is 9.97 Å². The van der Waals surface area contributed by atoms with E-state index in [1.165, 1.54) is 25.7 Å². The van der Waals surface area contributed by atoms with Crippen molar-refractivity contribution >= 4 is 21.7 Å². The third-order valence-electron chi connectivity index (χ3n) is 4.07. The van der Waals surface area contributed by atoms with Gasteiger partial charge in [-0.3, -0.25) is 0 Å². The predicted molar refractivity (Wildman–Crippen MR) is 83.3 cm³/mol. The van der Waals surface area contributed by atoms with Crippen molar-refractivity contribution in [3.05, 3.63) is 16.5 Å². The Balaban J connectivity index is 2.12. The Hall–Kier alpha value is -0.640. The Kier molecular flexibility index (Phi) is 5.20. The summed E-state index contributed by atoms with van der Waals surface area (Å²) in [5, 5.41) is 3.65. The van der Waals surface area contributed by atoms with Crippen LogP contribution in [0.4, 0.5) is 5.82 Å². The van der Waals surface area contributed by atoms with Crippen LogP contribution in [-0.2, 0) is 6.42 Å². The van der Waals surface area contributed by atoms with Gasteiger partial charge in [0, 0.05) is 18.5 Å². The summed E-state index contributed by atoms with van der Waals surface area (Å²) in [6.45, 7) is 6.75. The van der Waals surface area contributed by atoms with Gasteiger partial charge in [-0.25, -0.2) is 9.97 Å². The molecule has 106 valence electrons. The van der Waals surface area contributed by atoms with Gasteiger partial charge in [0.1, 0.15) is 16.2 Å². The average molecular weight is 326 g/mol. The highest BCUT2D eigenvalue weighted by Gasteiger charge is 2.27. The maximum absolute atomic E-state index is 4.59. The van der Waals surface area contributed by atoms with Crippen LogP contribution in [0.3, 0.4) is 0 Å². The monoisotopic (exact) mass is 325 g/mol. The molecule has 1 aromatic rings. The molecule has 0 saturated heterocycles. The van der Waals surface area contributed by atoms with Crippen molar-refractivity contribution in [1.29, 1.82) is 0 Å². The molecule has 2 unspecified atom stereocenters. The molecule has 1 heterocycles. The average Bonchev–Trinajstić information content (AvgIpc) is 2.38. The van der Waals surface area contributed by atoms with Gasteiger partial charge >= 0.3 is 0 Å². The minimum atomic E-state index is 0.556.